The number of phosphoric ester groups is 2. The van der Waals surface area contributed by atoms with E-state index in [4.69, 9.17) is 37.0 Å². The molecule has 0 aromatic heterocycles. The Labute approximate surface area is 632 Å². The second-order valence-electron chi connectivity index (χ2n) is 30.7. The van der Waals surface area contributed by atoms with Gasteiger partial charge < -0.3 is 33.8 Å². The normalized spacial score (nSPS) is 13.8. The zero-order valence-corrected chi connectivity index (χ0v) is 69.3. The second kappa shape index (κ2) is 76.8. The minimum Gasteiger partial charge on any atom is -0.462 e. The summed E-state index contributed by atoms with van der Waals surface area (Å²) in [6.45, 7) is 7.36. The lowest BCUT2D eigenvalue weighted by Crippen LogP contribution is -2.30. The molecule has 0 spiro atoms. The molecule has 0 aromatic rings. The van der Waals surface area contributed by atoms with Crippen LogP contribution in [-0.2, 0) is 65.4 Å². The molecule has 612 valence electrons. The van der Waals surface area contributed by atoms with E-state index in [2.05, 4.69) is 34.6 Å². The zero-order valence-electron chi connectivity index (χ0n) is 67.5. The second-order valence-corrected chi connectivity index (χ2v) is 33.6. The van der Waals surface area contributed by atoms with Crippen LogP contribution in [-0.4, -0.2) is 96.7 Å². The number of esters is 4. The van der Waals surface area contributed by atoms with Crippen molar-refractivity contribution in [3.8, 4) is 0 Å². The Morgan fingerprint density at radius 1 is 0.262 bits per heavy atom. The summed E-state index contributed by atoms with van der Waals surface area (Å²) in [6, 6.07) is 0. The van der Waals surface area contributed by atoms with Crippen molar-refractivity contribution in [3.05, 3.63) is 0 Å². The number of hydrogen-bond acceptors (Lipinski definition) is 15. The van der Waals surface area contributed by atoms with Crippen LogP contribution >= 0.6 is 15.6 Å². The summed E-state index contributed by atoms with van der Waals surface area (Å²) in [7, 11) is -9.92. The van der Waals surface area contributed by atoms with E-state index < -0.39 is 97.5 Å². The molecule has 0 saturated heterocycles. The molecule has 0 aromatic carbocycles. The predicted octanol–water partition coefficient (Wildman–Crippen LogP) is 25.6. The lowest BCUT2D eigenvalue weighted by Gasteiger charge is -2.21. The molecule has 0 aliphatic rings. The Balaban J connectivity index is 5.20. The Hall–Kier alpha value is -1.94. The minimum absolute atomic E-state index is 0.109. The van der Waals surface area contributed by atoms with Crippen LogP contribution in [0.25, 0.3) is 0 Å². The van der Waals surface area contributed by atoms with Crippen molar-refractivity contribution in [2.45, 2.75) is 470 Å². The number of hydrogen-bond donors (Lipinski definition) is 3. The summed E-state index contributed by atoms with van der Waals surface area (Å²) in [4.78, 5) is 73.1. The van der Waals surface area contributed by atoms with Gasteiger partial charge in [0.2, 0.25) is 0 Å². The average Bonchev–Trinajstić information content (AvgIpc) is 0.927. The summed E-state index contributed by atoms with van der Waals surface area (Å²) in [6.07, 6.45) is 69.4. The van der Waals surface area contributed by atoms with E-state index in [1.165, 1.54) is 276 Å². The number of aliphatic hydroxyl groups excluding tert-OH is 1. The van der Waals surface area contributed by atoms with Crippen LogP contribution in [0.15, 0.2) is 0 Å². The van der Waals surface area contributed by atoms with E-state index in [1.54, 1.807) is 0 Å². The van der Waals surface area contributed by atoms with Crippen molar-refractivity contribution in [1.82, 2.24) is 0 Å². The molecule has 0 rings (SSSR count). The summed E-state index contributed by atoms with van der Waals surface area (Å²) in [5.41, 5.74) is 0. The van der Waals surface area contributed by atoms with Crippen molar-refractivity contribution in [2.24, 2.45) is 5.92 Å². The third kappa shape index (κ3) is 78.0. The molecular formula is C84H164O17P2. The standard InChI is InChI=1S/C84H164O17P2/c1-6-9-12-15-18-21-23-25-27-28-29-30-31-32-36-41-45-50-55-60-65-70-84(89)101-80(74-95-82(87)68-63-58-53-48-43-39-37-33-35-38-42-47-51-56-61-66-77(4)5)76-99-103(92,93)97-72-78(85)71-96-102(90,91)98-75-79(73-94-81(86)67-62-57-52-46-20-17-14-11-8-3)100-83(88)69-64-59-54-49-44-40-34-26-24-22-19-16-13-10-7-2/h77-80,85H,6-76H2,1-5H3,(H,90,91)(H,92,93)/t78-,79+,80+/m0/s1. The van der Waals surface area contributed by atoms with Gasteiger partial charge in [-0.1, -0.05) is 401 Å². The molecule has 2 unspecified atom stereocenters. The van der Waals surface area contributed by atoms with E-state index in [-0.39, 0.29) is 25.7 Å². The first-order valence-corrected chi connectivity index (χ1v) is 46.6. The van der Waals surface area contributed by atoms with Crippen LogP contribution < -0.4 is 0 Å². The number of carbonyl (C=O) groups excluding carboxylic acids is 4. The first-order chi connectivity index (χ1) is 50.0. The maximum Gasteiger partial charge on any atom is 0.472 e. The Bertz CT molecular complexity index is 1960. The smallest absolute Gasteiger partial charge is 0.462 e. The third-order valence-electron chi connectivity index (χ3n) is 19.8. The first kappa shape index (κ1) is 101. The first-order valence-electron chi connectivity index (χ1n) is 43.6. The quantitative estimate of drug-likeness (QED) is 0.0222. The number of phosphoric acid groups is 2. The van der Waals surface area contributed by atoms with Gasteiger partial charge in [0.05, 0.1) is 26.4 Å². The Kier molecular flexibility index (Phi) is 75.4. The van der Waals surface area contributed by atoms with Gasteiger partial charge in [-0.15, -0.1) is 0 Å². The van der Waals surface area contributed by atoms with Gasteiger partial charge in [0.15, 0.2) is 12.2 Å². The van der Waals surface area contributed by atoms with Gasteiger partial charge in [0.25, 0.3) is 0 Å². The molecule has 0 bridgehead atoms. The molecule has 0 heterocycles. The summed E-state index contributed by atoms with van der Waals surface area (Å²) in [5.74, 6) is -1.30. The lowest BCUT2D eigenvalue weighted by molar-refractivity contribution is -0.161. The molecule has 0 aliphatic carbocycles. The van der Waals surface area contributed by atoms with Crippen molar-refractivity contribution in [1.29, 1.82) is 0 Å². The molecule has 3 N–H and O–H groups in total. The van der Waals surface area contributed by atoms with Crippen LogP contribution in [0.4, 0.5) is 0 Å². The average molecular weight is 1510 g/mol. The minimum atomic E-state index is -4.96. The monoisotopic (exact) mass is 1510 g/mol. The van der Waals surface area contributed by atoms with Gasteiger partial charge in [-0.05, 0) is 31.6 Å². The lowest BCUT2D eigenvalue weighted by atomic mass is 10.0. The molecule has 0 fully saturated rings. The fraction of sp³-hybridized carbons (Fsp3) is 0.952. The number of rotatable bonds is 84. The predicted molar refractivity (Wildman–Crippen MR) is 423 cm³/mol. The maximum absolute atomic E-state index is 13.1. The highest BCUT2D eigenvalue weighted by atomic mass is 31.2. The van der Waals surface area contributed by atoms with Crippen molar-refractivity contribution < 1.29 is 80.2 Å². The van der Waals surface area contributed by atoms with E-state index >= 15 is 0 Å². The highest BCUT2D eigenvalue weighted by molar-refractivity contribution is 7.47. The number of carbonyl (C=O) groups is 4. The number of unbranched alkanes of at least 4 members (excludes halogenated alkanes) is 56. The fourth-order valence-electron chi connectivity index (χ4n) is 13.1. The molecule has 19 heteroatoms. The molecule has 0 saturated carbocycles. The van der Waals surface area contributed by atoms with Gasteiger partial charge in [-0.3, -0.25) is 37.3 Å². The van der Waals surface area contributed by atoms with E-state index in [1.807, 2.05) is 0 Å². The molecule has 5 atom stereocenters. The van der Waals surface area contributed by atoms with E-state index in [0.717, 1.165) is 95.8 Å². The molecule has 103 heavy (non-hydrogen) atoms. The molecular weight excluding hydrogens is 1340 g/mol. The van der Waals surface area contributed by atoms with Crippen molar-refractivity contribution in [2.75, 3.05) is 39.6 Å². The van der Waals surface area contributed by atoms with Crippen molar-refractivity contribution in [3.63, 3.8) is 0 Å². The van der Waals surface area contributed by atoms with Crippen LogP contribution in [0.1, 0.15) is 452 Å². The van der Waals surface area contributed by atoms with Gasteiger partial charge in [-0.25, -0.2) is 9.13 Å². The molecule has 0 aliphatic heterocycles. The highest BCUT2D eigenvalue weighted by Crippen LogP contribution is 2.45. The third-order valence-corrected chi connectivity index (χ3v) is 21.7. The van der Waals surface area contributed by atoms with Crippen LogP contribution in [0.3, 0.4) is 0 Å². The van der Waals surface area contributed by atoms with Crippen LogP contribution in [0, 0.1) is 5.92 Å². The summed E-state index contributed by atoms with van der Waals surface area (Å²) >= 11 is 0. The van der Waals surface area contributed by atoms with Gasteiger partial charge in [0, 0.05) is 25.7 Å². The topological polar surface area (TPSA) is 237 Å². The molecule has 17 nitrogen and oxygen atoms in total. The summed E-state index contributed by atoms with van der Waals surface area (Å²) < 4.78 is 68.8. The van der Waals surface area contributed by atoms with Gasteiger partial charge in [-0.2, -0.15) is 0 Å². The van der Waals surface area contributed by atoms with Crippen molar-refractivity contribution >= 4 is 39.5 Å². The van der Waals surface area contributed by atoms with Gasteiger partial charge >= 0.3 is 39.5 Å². The Morgan fingerprint density at radius 2 is 0.447 bits per heavy atom. The highest BCUT2D eigenvalue weighted by Gasteiger charge is 2.30. The SMILES string of the molecule is CCCCCCCCCCCCCCCCCCCCCCCC(=O)O[C@H](COC(=O)CCCCCCCCCCCCCCCCCC(C)C)COP(=O)(O)OC[C@@H](O)COP(=O)(O)OC[C@@H](COC(=O)CCCCCCCCCCC)OC(=O)CCCCCCCCCCCCCCCCC. The fourth-order valence-corrected chi connectivity index (χ4v) is 14.7. The Morgan fingerprint density at radius 3 is 0.660 bits per heavy atom. The number of ether oxygens (including phenoxy) is 4. The van der Waals surface area contributed by atoms with E-state index in [0.29, 0.717) is 25.7 Å². The van der Waals surface area contributed by atoms with E-state index in [9.17, 15) is 43.2 Å². The van der Waals surface area contributed by atoms with Crippen LogP contribution in [0.5, 0.6) is 0 Å². The largest absolute Gasteiger partial charge is 0.472 e. The molecule has 0 amide bonds. The number of aliphatic hydroxyl groups is 1. The maximum atomic E-state index is 13.1. The molecule has 0 radical (unpaired) electrons. The van der Waals surface area contributed by atoms with Gasteiger partial charge in [0.1, 0.15) is 19.3 Å². The van der Waals surface area contributed by atoms with Crippen LogP contribution in [0.2, 0.25) is 0 Å². The summed E-state index contributed by atoms with van der Waals surface area (Å²) in [5, 5.41) is 10.7. The zero-order chi connectivity index (χ0) is 75.5.